The van der Waals surface area contributed by atoms with Gasteiger partial charge in [-0.15, -0.1) is 0 Å². The third-order valence-electron chi connectivity index (χ3n) is 3.58. The van der Waals surface area contributed by atoms with E-state index in [4.69, 9.17) is 4.74 Å². The third kappa shape index (κ3) is 3.08. The molecular formula is C17H17F2NO2. The number of ether oxygens (including phenoxy) is 1. The SMILES string of the molecule is COc1ccc(C(C)(C)C(=O)Nc2c(F)cccc2F)cc1. The van der Waals surface area contributed by atoms with Gasteiger partial charge in [-0.25, -0.2) is 8.78 Å². The van der Waals surface area contributed by atoms with Gasteiger partial charge < -0.3 is 10.1 Å². The Labute approximate surface area is 127 Å². The van der Waals surface area contributed by atoms with E-state index in [0.29, 0.717) is 11.3 Å². The number of anilines is 1. The molecule has 116 valence electrons. The van der Waals surface area contributed by atoms with E-state index in [-0.39, 0.29) is 0 Å². The maximum Gasteiger partial charge on any atom is 0.234 e. The molecule has 1 amide bonds. The van der Waals surface area contributed by atoms with E-state index in [2.05, 4.69) is 5.32 Å². The van der Waals surface area contributed by atoms with Crippen LogP contribution in [0.1, 0.15) is 19.4 Å². The van der Waals surface area contributed by atoms with Crippen LogP contribution in [0, 0.1) is 11.6 Å². The molecular weight excluding hydrogens is 288 g/mol. The minimum absolute atomic E-state index is 0.436. The van der Waals surface area contributed by atoms with Crippen molar-refractivity contribution >= 4 is 11.6 Å². The zero-order chi connectivity index (χ0) is 16.3. The molecule has 0 radical (unpaired) electrons. The second-order valence-corrected chi connectivity index (χ2v) is 5.40. The molecule has 0 aromatic heterocycles. The van der Waals surface area contributed by atoms with Crippen LogP contribution >= 0.6 is 0 Å². The maximum absolute atomic E-state index is 13.6. The minimum Gasteiger partial charge on any atom is -0.497 e. The average molecular weight is 305 g/mol. The number of nitrogens with one attached hydrogen (secondary N) is 1. The summed E-state index contributed by atoms with van der Waals surface area (Å²) >= 11 is 0. The van der Waals surface area contributed by atoms with Crippen molar-refractivity contribution in [1.29, 1.82) is 0 Å². The summed E-state index contributed by atoms with van der Waals surface area (Å²) in [7, 11) is 1.55. The lowest BCUT2D eigenvalue weighted by molar-refractivity contribution is -0.120. The molecule has 0 aliphatic heterocycles. The molecule has 0 aliphatic carbocycles. The molecule has 0 aliphatic rings. The van der Waals surface area contributed by atoms with Gasteiger partial charge in [-0.2, -0.15) is 0 Å². The van der Waals surface area contributed by atoms with E-state index in [1.54, 1.807) is 45.2 Å². The lowest BCUT2D eigenvalue weighted by atomic mass is 9.83. The van der Waals surface area contributed by atoms with Crippen LogP contribution in [0.3, 0.4) is 0 Å². The molecule has 2 rings (SSSR count). The topological polar surface area (TPSA) is 38.3 Å². The van der Waals surface area contributed by atoms with Crippen LogP contribution in [-0.4, -0.2) is 13.0 Å². The molecule has 0 spiro atoms. The van der Waals surface area contributed by atoms with Gasteiger partial charge in [-0.3, -0.25) is 4.79 Å². The summed E-state index contributed by atoms with van der Waals surface area (Å²) in [5.74, 6) is -1.44. The Morgan fingerprint density at radius 1 is 1.05 bits per heavy atom. The van der Waals surface area contributed by atoms with Gasteiger partial charge in [0.25, 0.3) is 0 Å². The molecule has 22 heavy (non-hydrogen) atoms. The van der Waals surface area contributed by atoms with Gasteiger partial charge in [0.05, 0.1) is 12.5 Å². The number of hydrogen-bond donors (Lipinski definition) is 1. The maximum atomic E-state index is 13.6. The van der Waals surface area contributed by atoms with E-state index >= 15 is 0 Å². The van der Waals surface area contributed by atoms with Crippen molar-refractivity contribution in [3.63, 3.8) is 0 Å². The fourth-order valence-corrected chi connectivity index (χ4v) is 2.03. The van der Waals surface area contributed by atoms with Crippen LogP contribution in [0.15, 0.2) is 42.5 Å². The number of methoxy groups -OCH3 is 1. The van der Waals surface area contributed by atoms with Crippen molar-refractivity contribution in [3.05, 3.63) is 59.7 Å². The van der Waals surface area contributed by atoms with Crippen molar-refractivity contribution in [2.75, 3.05) is 12.4 Å². The van der Waals surface area contributed by atoms with Crippen LogP contribution in [0.5, 0.6) is 5.75 Å². The van der Waals surface area contributed by atoms with Crippen LogP contribution < -0.4 is 10.1 Å². The Morgan fingerprint density at radius 2 is 1.59 bits per heavy atom. The number of carbonyl (C=O) groups is 1. The average Bonchev–Trinajstić information content (AvgIpc) is 2.51. The number of carbonyl (C=O) groups excluding carboxylic acids is 1. The normalized spacial score (nSPS) is 11.1. The van der Waals surface area contributed by atoms with Gasteiger partial charge in [0.2, 0.25) is 5.91 Å². The first kappa shape index (κ1) is 15.9. The number of benzene rings is 2. The minimum atomic E-state index is -0.957. The van der Waals surface area contributed by atoms with E-state index in [9.17, 15) is 13.6 Å². The van der Waals surface area contributed by atoms with Gasteiger partial charge in [0.15, 0.2) is 0 Å². The first-order valence-corrected chi connectivity index (χ1v) is 6.76. The molecule has 2 aromatic rings. The van der Waals surface area contributed by atoms with E-state index in [1.165, 1.54) is 6.07 Å². The highest BCUT2D eigenvalue weighted by molar-refractivity contribution is 5.98. The quantitative estimate of drug-likeness (QED) is 0.930. The molecule has 2 aromatic carbocycles. The second-order valence-electron chi connectivity index (χ2n) is 5.40. The zero-order valence-electron chi connectivity index (χ0n) is 12.6. The molecule has 5 heteroatoms. The monoisotopic (exact) mass is 305 g/mol. The summed E-state index contributed by atoms with van der Waals surface area (Å²) in [6.45, 7) is 3.37. The number of rotatable bonds is 4. The number of hydrogen-bond acceptors (Lipinski definition) is 2. The van der Waals surface area contributed by atoms with E-state index in [0.717, 1.165) is 12.1 Å². The first-order chi connectivity index (χ1) is 10.4. The van der Waals surface area contributed by atoms with Crippen molar-refractivity contribution in [2.45, 2.75) is 19.3 Å². The van der Waals surface area contributed by atoms with E-state index < -0.39 is 28.6 Å². The Morgan fingerprint density at radius 3 is 2.09 bits per heavy atom. The van der Waals surface area contributed by atoms with Crippen LogP contribution in [0.2, 0.25) is 0 Å². The zero-order valence-corrected chi connectivity index (χ0v) is 12.6. The van der Waals surface area contributed by atoms with Crippen molar-refractivity contribution in [3.8, 4) is 5.75 Å². The molecule has 0 unspecified atom stereocenters. The highest BCUT2D eigenvalue weighted by Crippen LogP contribution is 2.28. The second kappa shape index (κ2) is 6.13. The summed E-state index contributed by atoms with van der Waals surface area (Å²) in [5.41, 5.74) is -0.683. The molecule has 0 atom stereocenters. The molecule has 1 N–H and O–H groups in total. The highest BCUT2D eigenvalue weighted by Gasteiger charge is 2.31. The van der Waals surface area contributed by atoms with E-state index in [1.807, 2.05) is 0 Å². The van der Waals surface area contributed by atoms with Gasteiger partial charge in [-0.05, 0) is 43.7 Å². The molecule has 0 heterocycles. The summed E-state index contributed by atoms with van der Waals surface area (Å²) in [5, 5.41) is 2.33. The summed E-state index contributed by atoms with van der Waals surface area (Å²) in [4.78, 5) is 12.4. The Bertz CT molecular complexity index is 661. The lowest BCUT2D eigenvalue weighted by Gasteiger charge is -2.24. The Balaban J connectivity index is 2.26. The van der Waals surface area contributed by atoms with Gasteiger partial charge >= 0.3 is 0 Å². The number of amides is 1. The largest absolute Gasteiger partial charge is 0.497 e. The third-order valence-corrected chi connectivity index (χ3v) is 3.58. The van der Waals surface area contributed by atoms with Gasteiger partial charge in [0.1, 0.15) is 23.1 Å². The highest BCUT2D eigenvalue weighted by atomic mass is 19.1. The van der Waals surface area contributed by atoms with Crippen molar-refractivity contribution < 1.29 is 18.3 Å². The van der Waals surface area contributed by atoms with Crippen molar-refractivity contribution in [1.82, 2.24) is 0 Å². The Hall–Kier alpha value is -2.43. The standard InChI is InChI=1S/C17H17F2NO2/c1-17(2,11-7-9-12(22-3)10-8-11)16(21)20-15-13(18)5-4-6-14(15)19/h4-10H,1-3H3,(H,20,21). The van der Waals surface area contributed by atoms with Crippen LogP contribution in [0.4, 0.5) is 14.5 Å². The first-order valence-electron chi connectivity index (χ1n) is 6.76. The summed E-state index contributed by atoms with van der Waals surface area (Å²) < 4.78 is 32.3. The molecule has 0 fully saturated rings. The molecule has 0 bridgehead atoms. The fourth-order valence-electron chi connectivity index (χ4n) is 2.03. The lowest BCUT2D eigenvalue weighted by Crippen LogP contribution is -2.35. The smallest absolute Gasteiger partial charge is 0.234 e. The summed E-state index contributed by atoms with van der Waals surface area (Å²) in [6.07, 6.45) is 0. The molecule has 0 saturated carbocycles. The van der Waals surface area contributed by atoms with Gasteiger partial charge in [0, 0.05) is 0 Å². The predicted molar refractivity (Wildman–Crippen MR) is 81.0 cm³/mol. The predicted octanol–water partition coefficient (Wildman–Crippen LogP) is 3.89. The molecule has 3 nitrogen and oxygen atoms in total. The summed E-state index contributed by atoms with van der Waals surface area (Å²) in [6, 6.07) is 10.4. The Kier molecular flexibility index (Phi) is 4.45. The van der Waals surface area contributed by atoms with Crippen molar-refractivity contribution in [2.24, 2.45) is 0 Å². The fraction of sp³-hybridized carbons (Fsp3) is 0.235. The van der Waals surface area contributed by atoms with Gasteiger partial charge in [-0.1, -0.05) is 18.2 Å². The molecule has 0 saturated heterocycles. The van der Waals surface area contributed by atoms with Crippen LogP contribution in [-0.2, 0) is 10.2 Å². The van der Waals surface area contributed by atoms with Crippen LogP contribution in [0.25, 0.3) is 0 Å². The number of para-hydroxylation sites is 1. The number of halogens is 2.